The molecule has 2 fully saturated rings. The fourth-order valence-corrected chi connectivity index (χ4v) is 4.27. The van der Waals surface area contributed by atoms with Gasteiger partial charge in [-0.05, 0) is 49.6 Å². The number of nitrogens with zero attached hydrogens (tertiary/aromatic N) is 2. The molecule has 0 unspecified atom stereocenters. The van der Waals surface area contributed by atoms with Crippen LogP contribution in [0.5, 0.6) is 11.5 Å². The van der Waals surface area contributed by atoms with Crippen molar-refractivity contribution in [1.29, 1.82) is 0 Å². The smallest absolute Gasteiger partial charge is 0.256 e. The Morgan fingerprint density at radius 1 is 0.879 bits per heavy atom. The molecule has 0 bridgehead atoms. The fourth-order valence-electron chi connectivity index (χ4n) is 4.27. The molecule has 0 atom stereocenters. The molecule has 2 amide bonds. The second-order valence-electron chi connectivity index (χ2n) is 8.21. The summed E-state index contributed by atoms with van der Waals surface area (Å²) in [7, 11) is 3.06. The van der Waals surface area contributed by atoms with Crippen molar-refractivity contribution in [2.75, 3.05) is 63.8 Å². The van der Waals surface area contributed by atoms with Crippen molar-refractivity contribution in [2.45, 2.75) is 19.3 Å². The van der Waals surface area contributed by atoms with Crippen LogP contribution in [0.2, 0.25) is 0 Å². The van der Waals surface area contributed by atoms with E-state index in [1.165, 1.54) is 14.2 Å². The minimum atomic E-state index is -0.288. The highest BCUT2D eigenvalue weighted by Crippen LogP contribution is 2.34. The zero-order valence-corrected chi connectivity index (χ0v) is 19.3. The lowest BCUT2D eigenvalue weighted by Gasteiger charge is -2.29. The van der Waals surface area contributed by atoms with Gasteiger partial charge in [-0.25, -0.2) is 0 Å². The number of nitrogens with one attached hydrogen (secondary N) is 1. The summed E-state index contributed by atoms with van der Waals surface area (Å²) in [6.07, 6.45) is 3.09. The highest BCUT2D eigenvalue weighted by molar-refractivity contribution is 6.09. The van der Waals surface area contributed by atoms with Gasteiger partial charge in [-0.2, -0.15) is 0 Å². The minimum absolute atomic E-state index is 0.117. The fraction of sp³-hybridized carbons (Fsp3) is 0.440. The van der Waals surface area contributed by atoms with E-state index in [2.05, 4.69) is 10.2 Å². The van der Waals surface area contributed by atoms with E-state index in [9.17, 15) is 9.59 Å². The number of ether oxygens (including phenoxy) is 3. The van der Waals surface area contributed by atoms with Crippen molar-refractivity contribution in [3.05, 3.63) is 47.5 Å². The summed E-state index contributed by atoms with van der Waals surface area (Å²) in [5.74, 6) is 0.494. The molecule has 2 heterocycles. The number of likely N-dealkylation sites (tertiary alicyclic amines) is 1. The maximum atomic E-state index is 13.3. The van der Waals surface area contributed by atoms with Crippen LogP contribution >= 0.6 is 0 Å². The Hall–Kier alpha value is -3.26. The van der Waals surface area contributed by atoms with Gasteiger partial charge < -0.3 is 29.3 Å². The third-order valence-electron chi connectivity index (χ3n) is 6.15. The Bertz CT molecular complexity index is 980. The van der Waals surface area contributed by atoms with Gasteiger partial charge in [0.15, 0.2) is 11.5 Å². The van der Waals surface area contributed by atoms with Crippen LogP contribution < -0.4 is 19.7 Å². The monoisotopic (exact) mass is 453 g/mol. The molecule has 2 aromatic rings. The highest BCUT2D eigenvalue weighted by atomic mass is 16.5. The molecule has 0 radical (unpaired) electrons. The van der Waals surface area contributed by atoms with Gasteiger partial charge in [0.2, 0.25) is 0 Å². The van der Waals surface area contributed by atoms with Crippen LogP contribution in [0.1, 0.15) is 40.0 Å². The summed E-state index contributed by atoms with van der Waals surface area (Å²) in [5.41, 5.74) is 2.37. The molecule has 2 aromatic carbocycles. The molecular formula is C25H31N3O5. The first-order chi connectivity index (χ1) is 16.1. The zero-order chi connectivity index (χ0) is 23.2. The standard InChI is InChI=1S/C25H31N3O5/c1-31-22-16-20(25(30)28-10-4-3-5-11-28)21(17-23(22)32-2)26-24(29)18-6-8-19(9-7-18)27-12-14-33-15-13-27/h6-9,16-17H,3-5,10-15H2,1-2H3,(H,26,29). The normalized spacial score (nSPS) is 16.3. The molecule has 0 spiro atoms. The summed E-state index contributed by atoms with van der Waals surface area (Å²) in [6.45, 7) is 4.50. The van der Waals surface area contributed by atoms with E-state index in [-0.39, 0.29) is 11.8 Å². The maximum Gasteiger partial charge on any atom is 0.256 e. The SMILES string of the molecule is COc1cc(NC(=O)c2ccc(N3CCOCC3)cc2)c(C(=O)N2CCCCC2)cc1OC. The van der Waals surface area contributed by atoms with E-state index in [4.69, 9.17) is 14.2 Å². The third kappa shape index (κ3) is 5.22. The molecule has 2 aliphatic rings. The van der Waals surface area contributed by atoms with Crippen LogP contribution in [0.3, 0.4) is 0 Å². The summed E-state index contributed by atoms with van der Waals surface area (Å²) in [6, 6.07) is 10.8. The second-order valence-corrected chi connectivity index (χ2v) is 8.21. The zero-order valence-electron chi connectivity index (χ0n) is 19.3. The number of morpholine rings is 1. The van der Waals surface area contributed by atoms with E-state index in [1.807, 2.05) is 17.0 Å². The van der Waals surface area contributed by atoms with Gasteiger partial charge in [-0.15, -0.1) is 0 Å². The molecule has 4 rings (SSSR count). The molecule has 0 aromatic heterocycles. The quantitative estimate of drug-likeness (QED) is 0.722. The molecule has 2 saturated heterocycles. The van der Waals surface area contributed by atoms with Crippen LogP contribution in [0.15, 0.2) is 36.4 Å². The first kappa shape index (κ1) is 22.9. The Kier molecular flexibility index (Phi) is 7.34. The van der Waals surface area contributed by atoms with E-state index < -0.39 is 0 Å². The second kappa shape index (κ2) is 10.6. The number of carbonyl (C=O) groups is 2. The lowest BCUT2D eigenvalue weighted by atomic mass is 10.1. The van der Waals surface area contributed by atoms with Crippen molar-refractivity contribution in [3.63, 3.8) is 0 Å². The predicted octanol–water partition coefficient (Wildman–Crippen LogP) is 3.42. The third-order valence-corrected chi connectivity index (χ3v) is 6.15. The summed E-state index contributed by atoms with van der Waals surface area (Å²) in [5, 5.41) is 2.92. The van der Waals surface area contributed by atoms with Gasteiger partial charge in [0.05, 0.1) is 38.7 Å². The number of anilines is 2. The van der Waals surface area contributed by atoms with Crippen molar-refractivity contribution < 1.29 is 23.8 Å². The van der Waals surface area contributed by atoms with Crippen molar-refractivity contribution in [2.24, 2.45) is 0 Å². The topological polar surface area (TPSA) is 80.3 Å². The van der Waals surface area contributed by atoms with E-state index in [0.29, 0.717) is 54.6 Å². The van der Waals surface area contributed by atoms with Crippen LogP contribution in [0.25, 0.3) is 0 Å². The molecule has 8 nitrogen and oxygen atoms in total. The van der Waals surface area contributed by atoms with Gasteiger partial charge in [0, 0.05) is 43.5 Å². The van der Waals surface area contributed by atoms with E-state index in [1.54, 1.807) is 24.3 Å². The number of amides is 2. The van der Waals surface area contributed by atoms with Crippen LogP contribution in [-0.2, 0) is 4.74 Å². The lowest BCUT2D eigenvalue weighted by Crippen LogP contribution is -2.36. The summed E-state index contributed by atoms with van der Waals surface area (Å²) in [4.78, 5) is 30.4. The number of piperidine rings is 1. The summed E-state index contributed by atoms with van der Waals surface area (Å²) >= 11 is 0. The molecule has 2 aliphatic heterocycles. The molecule has 1 N–H and O–H groups in total. The van der Waals surface area contributed by atoms with Crippen LogP contribution in [0, 0.1) is 0 Å². The average molecular weight is 454 g/mol. The number of hydrogen-bond donors (Lipinski definition) is 1. The molecule has 0 aliphatic carbocycles. The Morgan fingerprint density at radius 2 is 1.52 bits per heavy atom. The lowest BCUT2D eigenvalue weighted by molar-refractivity contribution is 0.0725. The van der Waals surface area contributed by atoms with Crippen LogP contribution in [0.4, 0.5) is 11.4 Å². The molecule has 176 valence electrons. The van der Waals surface area contributed by atoms with Gasteiger partial charge in [-0.1, -0.05) is 0 Å². The van der Waals surface area contributed by atoms with E-state index in [0.717, 1.165) is 38.0 Å². The van der Waals surface area contributed by atoms with Crippen LogP contribution in [-0.4, -0.2) is 70.3 Å². The number of hydrogen-bond acceptors (Lipinski definition) is 6. The van der Waals surface area contributed by atoms with Gasteiger partial charge in [0.25, 0.3) is 11.8 Å². The number of benzene rings is 2. The van der Waals surface area contributed by atoms with Gasteiger partial charge in [-0.3, -0.25) is 9.59 Å². The average Bonchev–Trinajstić information content (AvgIpc) is 2.89. The van der Waals surface area contributed by atoms with Gasteiger partial charge >= 0.3 is 0 Å². The molecule has 33 heavy (non-hydrogen) atoms. The van der Waals surface area contributed by atoms with Crippen molar-refractivity contribution >= 4 is 23.2 Å². The molecular weight excluding hydrogens is 422 g/mol. The first-order valence-corrected chi connectivity index (χ1v) is 11.4. The largest absolute Gasteiger partial charge is 0.493 e. The molecule has 0 saturated carbocycles. The minimum Gasteiger partial charge on any atom is -0.493 e. The molecule has 8 heteroatoms. The Morgan fingerprint density at radius 3 is 2.15 bits per heavy atom. The Labute approximate surface area is 194 Å². The number of carbonyl (C=O) groups excluding carboxylic acids is 2. The maximum absolute atomic E-state index is 13.3. The first-order valence-electron chi connectivity index (χ1n) is 11.4. The highest BCUT2D eigenvalue weighted by Gasteiger charge is 2.24. The van der Waals surface area contributed by atoms with Crippen molar-refractivity contribution in [1.82, 2.24) is 4.90 Å². The van der Waals surface area contributed by atoms with Gasteiger partial charge in [0.1, 0.15) is 0 Å². The van der Waals surface area contributed by atoms with E-state index >= 15 is 0 Å². The van der Waals surface area contributed by atoms with Crippen molar-refractivity contribution in [3.8, 4) is 11.5 Å². The predicted molar refractivity (Wildman–Crippen MR) is 127 cm³/mol. The Balaban J connectivity index is 1.57. The summed E-state index contributed by atoms with van der Waals surface area (Å²) < 4.78 is 16.2. The number of methoxy groups -OCH3 is 2. The number of rotatable bonds is 6.